The lowest BCUT2D eigenvalue weighted by atomic mass is 9.69. The summed E-state index contributed by atoms with van der Waals surface area (Å²) in [5.74, 6) is -2.73. The standard InChI is InChI=1S/C27H23F2NO4/c1-3-34-26(32)27-14-17-9-10-18(33-2)11-19(17)24(27)30(15-16-7-5-4-6-8-16)25(31)20-12-22(28)23(29)13-21(20)27/h4-13,24H,3,14-15H2,1-2H3/t24-,27+/m1/s1. The van der Waals surface area contributed by atoms with Gasteiger partial charge in [0.2, 0.25) is 0 Å². The highest BCUT2D eigenvalue weighted by Crippen LogP contribution is 2.56. The third kappa shape index (κ3) is 3.18. The molecule has 1 aliphatic heterocycles. The molecule has 0 aromatic heterocycles. The molecule has 7 heteroatoms. The molecule has 0 saturated heterocycles. The van der Waals surface area contributed by atoms with E-state index >= 15 is 0 Å². The van der Waals surface area contributed by atoms with E-state index < -0.39 is 35.0 Å². The van der Waals surface area contributed by atoms with Crippen molar-refractivity contribution in [3.05, 3.63) is 100 Å². The molecule has 1 amide bonds. The van der Waals surface area contributed by atoms with E-state index in [2.05, 4.69) is 0 Å². The number of esters is 1. The lowest BCUT2D eigenvalue weighted by Gasteiger charge is -2.45. The molecule has 3 aromatic rings. The quantitative estimate of drug-likeness (QED) is 0.514. The zero-order valence-electron chi connectivity index (χ0n) is 18.8. The van der Waals surface area contributed by atoms with Gasteiger partial charge in [-0.25, -0.2) is 8.78 Å². The Morgan fingerprint density at radius 3 is 2.53 bits per heavy atom. The van der Waals surface area contributed by atoms with Crippen LogP contribution in [0.4, 0.5) is 8.78 Å². The predicted molar refractivity (Wildman–Crippen MR) is 120 cm³/mol. The van der Waals surface area contributed by atoms with Crippen LogP contribution in [0, 0.1) is 11.6 Å². The van der Waals surface area contributed by atoms with Gasteiger partial charge in [-0.3, -0.25) is 9.59 Å². The van der Waals surface area contributed by atoms with E-state index in [-0.39, 0.29) is 30.7 Å². The van der Waals surface area contributed by atoms with Gasteiger partial charge in [-0.1, -0.05) is 36.4 Å². The van der Waals surface area contributed by atoms with Crippen LogP contribution in [-0.4, -0.2) is 30.5 Å². The fourth-order valence-corrected chi connectivity index (χ4v) is 5.32. The van der Waals surface area contributed by atoms with Crippen LogP contribution >= 0.6 is 0 Å². The van der Waals surface area contributed by atoms with Gasteiger partial charge in [-0.05, 0) is 59.9 Å². The number of hydrogen-bond acceptors (Lipinski definition) is 4. The summed E-state index contributed by atoms with van der Waals surface area (Å²) in [5.41, 5.74) is 1.10. The Morgan fingerprint density at radius 1 is 1.09 bits per heavy atom. The first-order valence-electron chi connectivity index (χ1n) is 11.1. The second-order valence-electron chi connectivity index (χ2n) is 8.57. The molecule has 0 unspecified atom stereocenters. The minimum absolute atomic E-state index is 0.0288. The molecule has 2 aliphatic rings. The lowest BCUT2D eigenvalue weighted by molar-refractivity contribution is -0.153. The smallest absolute Gasteiger partial charge is 0.319 e. The maximum atomic E-state index is 14.5. The summed E-state index contributed by atoms with van der Waals surface area (Å²) < 4.78 is 39.8. The maximum absolute atomic E-state index is 14.5. The van der Waals surface area contributed by atoms with E-state index in [4.69, 9.17) is 9.47 Å². The van der Waals surface area contributed by atoms with Gasteiger partial charge in [0, 0.05) is 12.1 Å². The third-order valence-corrected chi connectivity index (χ3v) is 6.76. The van der Waals surface area contributed by atoms with Crippen molar-refractivity contribution in [1.82, 2.24) is 4.90 Å². The molecule has 0 spiro atoms. The van der Waals surface area contributed by atoms with Crippen molar-refractivity contribution >= 4 is 11.9 Å². The van der Waals surface area contributed by atoms with Gasteiger partial charge >= 0.3 is 5.97 Å². The van der Waals surface area contributed by atoms with E-state index in [1.807, 2.05) is 36.4 Å². The van der Waals surface area contributed by atoms with Crippen molar-refractivity contribution in [2.24, 2.45) is 0 Å². The first-order valence-corrected chi connectivity index (χ1v) is 11.1. The third-order valence-electron chi connectivity index (χ3n) is 6.76. The number of nitrogens with zero attached hydrogens (tertiary/aromatic N) is 1. The molecule has 3 aromatic carbocycles. The van der Waals surface area contributed by atoms with Crippen LogP contribution in [0.25, 0.3) is 0 Å². The Hall–Kier alpha value is -3.74. The van der Waals surface area contributed by atoms with Crippen molar-refractivity contribution in [1.29, 1.82) is 0 Å². The van der Waals surface area contributed by atoms with Crippen LogP contribution in [0.5, 0.6) is 5.75 Å². The number of halogens is 2. The fourth-order valence-electron chi connectivity index (χ4n) is 5.32. The number of methoxy groups -OCH3 is 1. The average Bonchev–Trinajstić information content (AvgIpc) is 3.19. The number of hydrogen-bond donors (Lipinski definition) is 0. The Balaban J connectivity index is 1.80. The summed E-state index contributed by atoms with van der Waals surface area (Å²) in [6.07, 6.45) is 0.187. The number of amides is 1. The number of benzene rings is 3. The molecule has 5 nitrogen and oxygen atoms in total. The first kappa shape index (κ1) is 22.1. The SMILES string of the molecule is CCOC(=O)[C@]12Cc3ccc(OC)cc3[C@H]1N(Cc1ccccc1)C(=O)c1cc(F)c(F)cc12. The number of carbonyl (C=O) groups excluding carboxylic acids is 2. The monoisotopic (exact) mass is 463 g/mol. The average molecular weight is 463 g/mol. The normalized spacial score (nSPS) is 20.4. The van der Waals surface area contributed by atoms with Crippen LogP contribution in [0.3, 0.4) is 0 Å². The molecule has 174 valence electrons. The summed E-state index contributed by atoms with van der Waals surface area (Å²) in [5, 5.41) is 0. The van der Waals surface area contributed by atoms with Gasteiger partial charge in [-0.15, -0.1) is 0 Å². The molecule has 1 heterocycles. The van der Waals surface area contributed by atoms with Crippen molar-refractivity contribution in [2.45, 2.75) is 31.3 Å². The lowest BCUT2D eigenvalue weighted by Crippen LogP contribution is -2.54. The number of rotatable bonds is 5. The highest BCUT2D eigenvalue weighted by atomic mass is 19.2. The molecule has 0 fully saturated rings. The maximum Gasteiger partial charge on any atom is 0.319 e. The number of carbonyl (C=O) groups is 2. The Kier molecular flexibility index (Phi) is 5.35. The minimum Gasteiger partial charge on any atom is -0.497 e. The molecule has 0 saturated carbocycles. The van der Waals surface area contributed by atoms with Gasteiger partial charge in [0.25, 0.3) is 5.91 Å². The zero-order valence-corrected chi connectivity index (χ0v) is 18.8. The molecule has 1 aliphatic carbocycles. The first-order chi connectivity index (χ1) is 16.4. The van der Waals surface area contributed by atoms with Gasteiger partial charge < -0.3 is 14.4 Å². The number of ether oxygens (including phenoxy) is 2. The molecular formula is C27H23F2NO4. The van der Waals surface area contributed by atoms with E-state index in [1.165, 1.54) is 7.11 Å². The van der Waals surface area contributed by atoms with Crippen LogP contribution in [0.1, 0.15) is 45.6 Å². The fraction of sp³-hybridized carbons (Fsp3) is 0.259. The van der Waals surface area contributed by atoms with Gasteiger partial charge in [0.1, 0.15) is 11.2 Å². The molecule has 0 bridgehead atoms. The van der Waals surface area contributed by atoms with Crippen LogP contribution in [0.2, 0.25) is 0 Å². The van der Waals surface area contributed by atoms with Crippen molar-refractivity contribution in [3.8, 4) is 5.75 Å². The van der Waals surface area contributed by atoms with E-state index in [0.29, 0.717) is 5.75 Å². The molecule has 5 rings (SSSR count). The summed E-state index contributed by atoms with van der Waals surface area (Å²) in [6.45, 7) is 1.98. The topological polar surface area (TPSA) is 55.8 Å². The molecular weight excluding hydrogens is 440 g/mol. The Bertz CT molecular complexity index is 1290. The Morgan fingerprint density at radius 2 is 1.82 bits per heavy atom. The van der Waals surface area contributed by atoms with Crippen molar-refractivity contribution < 1.29 is 27.8 Å². The highest BCUT2D eigenvalue weighted by Gasteiger charge is 2.61. The predicted octanol–water partition coefficient (Wildman–Crippen LogP) is 4.73. The Labute approximate surface area is 195 Å². The van der Waals surface area contributed by atoms with Gasteiger partial charge in [-0.2, -0.15) is 0 Å². The van der Waals surface area contributed by atoms with E-state index in [0.717, 1.165) is 28.8 Å². The van der Waals surface area contributed by atoms with Crippen molar-refractivity contribution in [3.63, 3.8) is 0 Å². The highest BCUT2D eigenvalue weighted by molar-refractivity contribution is 6.03. The molecule has 0 radical (unpaired) electrons. The van der Waals surface area contributed by atoms with E-state index in [9.17, 15) is 18.4 Å². The number of fused-ring (bicyclic) bond motifs is 5. The van der Waals surface area contributed by atoms with Crippen LogP contribution in [-0.2, 0) is 27.9 Å². The zero-order chi connectivity index (χ0) is 24.0. The van der Waals surface area contributed by atoms with Crippen LogP contribution < -0.4 is 4.74 Å². The summed E-state index contributed by atoms with van der Waals surface area (Å²) in [4.78, 5) is 29.0. The summed E-state index contributed by atoms with van der Waals surface area (Å²) in [6, 6.07) is 15.9. The second kappa shape index (κ2) is 8.24. The second-order valence-corrected chi connectivity index (χ2v) is 8.57. The van der Waals surface area contributed by atoms with E-state index in [1.54, 1.807) is 24.0 Å². The van der Waals surface area contributed by atoms with Crippen molar-refractivity contribution in [2.75, 3.05) is 13.7 Å². The van der Waals surface area contributed by atoms with Gasteiger partial charge in [0.15, 0.2) is 11.6 Å². The van der Waals surface area contributed by atoms with Crippen LogP contribution in [0.15, 0.2) is 60.7 Å². The minimum atomic E-state index is -1.42. The summed E-state index contributed by atoms with van der Waals surface area (Å²) in [7, 11) is 1.54. The summed E-state index contributed by atoms with van der Waals surface area (Å²) >= 11 is 0. The molecule has 2 atom stereocenters. The molecule has 34 heavy (non-hydrogen) atoms. The van der Waals surface area contributed by atoms with Gasteiger partial charge in [0.05, 0.1) is 19.8 Å². The molecule has 0 N–H and O–H groups in total. The largest absolute Gasteiger partial charge is 0.497 e.